The molecule has 0 aliphatic heterocycles. The molecular formula is C3H6N2O3. The molecule has 0 heterocycles. The van der Waals surface area contributed by atoms with Gasteiger partial charge in [0.2, 0.25) is 0 Å². The van der Waals surface area contributed by atoms with Crippen LogP contribution in [0.3, 0.4) is 0 Å². The number of rotatable bonds is 2. The van der Waals surface area contributed by atoms with Crippen molar-refractivity contribution in [2.75, 3.05) is 0 Å². The Kier molecular flexibility index (Phi) is 2.71. The largest absolute Gasteiger partial charge is 0.354 e. The first-order valence-electron chi connectivity index (χ1n) is 1.97. The lowest BCUT2D eigenvalue weighted by Crippen LogP contribution is -2.27. The van der Waals surface area contributed by atoms with Gasteiger partial charge >= 0.3 is 5.97 Å². The van der Waals surface area contributed by atoms with Crippen LogP contribution < -0.4 is 5.73 Å². The van der Waals surface area contributed by atoms with Crippen LogP contribution in [0.4, 0.5) is 0 Å². The fraction of sp³-hybridized carbons (Fsp3) is 0.667. The molecule has 0 aromatic carbocycles. The minimum atomic E-state index is -0.819. The highest BCUT2D eigenvalue weighted by molar-refractivity contribution is 5.74. The molecule has 0 rings (SSSR count). The van der Waals surface area contributed by atoms with Crippen LogP contribution in [-0.4, -0.2) is 12.0 Å². The Bertz CT molecular complexity index is 101. The molecule has 0 amide bonds. The van der Waals surface area contributed by atoms with E-state index in [9.17, 15) is 9.70 Å². The molecule has 2 N–H and O–H groups in total. The molecule has 0 fully saturated rings. The van der Waals surface area contributed by atoms with Crippen LogP contribution in [0.2, 0.25) is 0 Å². The molecule has 0 unspecified atom stereocenters. The molecule has 46 valence electrons. The SMILES string of the molecule is C[C@H](N)C(=O)ON=O. The highest BCUT2D eigenvalue weighted by Gasteiger charge is 2.07. The number of carbonyl (C=O) groups is 1. The Labute approximate surface area is 45.7 Å². The summed E-state index contributed by atoms with van der Waals surface area (Å²) in [6, 6.07) is -0.785. The normalized spacial score (nSPS) is 12.2. The molecule has 1 atom stereocenters. The number of nitrogens with two attached hydrogens (primary N) is 1. The quantitative estimate of drug-likeness (QED) is 0.393. The van der Waals surface area contributed by atoms with Crippen LogP contribution in [0.5, 0.6) is 0 Å². The summed E-state index contributed by atoms with van der Waals surface area (Å²) >= 11 is 0. The monoisotopic (exact) mass is 118 g/mol. The van der Waals surface area contributed by atoms with Gasteiger partial charge < -0.3 is 5.73 Å². The van der Waals surface area contributed by atoms with Crippen molar-refractivity contribution in [3.8, 4) is 0 Å². The van der Waals surface area contributed by atoms with Crippen molar-refractivity contribution in [3.63, 3.8) is 0 Å². The summed E-state index contributed by atoms with van der Waals surface area (Å²) in [7, 11) is 0. The van der Waals surface area contributed by atoms with Gasteiger partial charge in [-0.25, -0.2) is 4.79 Å². The van der Waals surface area contributed by atoms with Crippen LogP contribution in [0, 0.1) is 4.91 Å². The van der Waals surface area contributed by atoms with Gasteiger partial charge in [0.05, 0.1) is 0 Å². The van der Waals surface area contributed by atoms with Crippen molar-refractivity contribution >= 4 is 5.97 Å². The summed E-state index contributed by atoms with van der Waals surface area (Å²) in [5.41, 5.74) is 4.95. The molecule has 8 heavy (non-hydrogen) atoms. The van der Waals surface area contributed by atoms with Gasteiger partial charge in [0.1, 0.15) is 6.04 Å². The predicted molar refractivity (Wildman–Crippen MR) is 25.5 cm³/mol. The summed E-state index contributed by atoms with van der Waals surface area (Å²) in [6.45, 7) is 1.40. The molecule has 0 saturated heterocycles. The second-order valence-electron chi connectivity index (χ2n) is 1.27. The zero-order chi connectivity index (χ0) is 6.57. The van der Waals surface area contributed by atoms with Crippen molar-refractivity contribution < 1.29 is 9.63 Å². The van der Waals surface area contributed by atoms with Gasteiger partial charge in [0.25, 0.3) is 0 Å². The maximum absolute atomic E-state index is 10.1. The maximum atomic E-state index is 10.1. The third kappa shape index (κ3) is 2.25. The zero-order valence-electron chi connectivity index (χ0n) is 4.33. The average Bonchev–Trinajstić information content (AvgIpc) is 1.67. The smallest absolute Gasteiger partial charge is 0.319 e. The molecule has 0 bridgehead atoms. The molecule has 0 aromatic heterocycles. The van der Waals surface area contributed by atoms with Crippen LogP contribution in [0.1, 0.15) is 6.92 Å². The second kappa shape index (κ2) is 3.09. The van der Waals surface area contributed by atoms with Crippen molar-refractivity contribution in [1.82, 2.24) is 0 Å². The number of carbonyl (C=O) groups excluding carboxylic acids is 1. The first kappa shape index (κ1) is 7.03. The predicted octanol–water partition coefficient (Wildman–Crippen LogP) is -0.442. The van der Waals surface area contributed by atoms with Gasteiger partial charge in [-0.05, 0) is 6.92 Å². The Morgan fingerprint density at radius 3 is 2.50 bits per heavy atom. The fourth-order valence-electron chi connectivity index (χ4n) is 0.120. The van der Waals surface area contributed by atoms with Gasteiger partial charge in [-0.1, -0.05) is 0 Å². The van der Waals surface area contributed by atoms with Crippen molar-refractivity contribution in [1.29, 1.82) is 0 Å². The van der Waals surface area contributed by atoms with Gasteiger partial charge in [0.15, 0.2) is 5.34 Å². The topological polar surface area (TPSA) is 81.8 Å². The molecule has 0 aromatic rings. The lowest BCUT2D eigenvalue weighted by Gasteiger charge is -1.94. The Morgan fingerprint density at radius 1 is 1.88 bits per heavy atom. The van der Waals surface area contributed by atoms with E-state index < -0.39 is 12.0 Å². The minimum absolute atomic E-state index is 0.785. The standard InChI is InChI=1S/C3H6N2O3/c1-2(4)3(6)8-5-7/h2H,4H2,1H3/t2-/m0/s1. The maximum Gasteiger partial charge on any atom is 0.354 e. The highest BCUT2D eigenvalue weighted by atomic mass is 16.7. The molecule has 5 nitrogen and oxygen atoms in total. The van der Waals surface area contributed by atoms with Crippen LogP contribution in [0.15, 0.2) is 5.34 Å². The third-order valence-electron chi connectivity index (χ3n) is 0.499. The molecule has 0 saturated carbocycles. The van der Waals surface area contributed by atoms with E-state index in [2.05, 4.69) is 4.84 Å². The van der Waals surface area contributed by atoms with Gasteiger partial charge in [-0.2, -0.15) is 0 Å². The van der Waals surface area contributed by atoms with E-state index in [4.69, 9.17) is 5.73 Å². The summed E-state index contributed by atoms with van der Waals surface area (Å²) in [5.74, 6) is -0.819. The fourth-order valence-corrected chi connectivity index (χ4v) is 0.120. The number of nitrogens with zero attached hydrogens (tertiary/aromatic N) is 1. The molecule has 5 heteroatoms. The van der Waals surface area contributed by atoms with Crippen molar-refractivity contribution in [2.45, 2.75) is 13.0 Å². The van der Waals surface area contributed by atoms with E-state index in [1.54, 1.807) is 0 Å². The van der Waals surface area contributed by atoms with E-state index in [-0.39, 0.29) is 0 Å². The van der Waals surface area contributed by atoms with E-state index >= 15 is 0 Å². The molecule has 0 aliphatic carbocycles. The molecular weight excluding hydrogens is 112 g/mol. The third-order valence-corrected chi connectivity index (χ3v) is 0.499. The van der Waals surface area contributed by atoms with Crippen molar-refractivity contribution in [2.24, 2.45) is 11.1 Å². The Balaban J connectivity index is 3.48. The molecule has 0 spiro atoms. The van der Waals surface area contributed by atoms with Gasteiger partial charge in [-0.15, -0.1) is 4.91 Å². The van der Waals surface area contributed by atoms with Crippen LogP contribution in [-0.2, 0) is 9.63 Å². The summed E-state index contributed by atoms with van der Waals surface area (Å²) in [6.07, 6.45) is 0. The number of hydrogen-bond acceptors (Lipinski definition) is 5. The van der Waals surface area contributed by atoms with E-state index in [1.165, 1.54) is 6.92 Å². The van der Waals surface area contributed by atoms with E-state index in [1.807, 2.05) is 5.34 Å². The summed E-state index contributed by atoms with van der Waals surface area (Å²) in [5, 5.41) is 1.88. The van der Waals surface area contributed by atoms with Crippen molar-refractivity contribution in [3.05, 3.63) is 4.91 Å². The van der Waals surface area contributed by atoms with Crippen LogP contribution in [0.25, 0.3) is 0 Å². The number of hydrogen-bond donors (Lipinski definition) is 1. The minimum Gasteiger partial charge on any atom is -0.319 e. The first-order chi connectivity index (χ1) is 3.68. The average molecular weight is 118 g/mol. The van der Waals surface area contributed by atoms with E-state index in [0.717, 1.165) is 0 Å². The lowest BCUT2D eigenvalue weighted by atomic mass is 10.4. The van der Waals surface area contributed by atoms with Crippen LogP contribution >= 0.6 is 0 Å². The Morgan fingerprint density at radius 2 is 2.38 bits per heavy atom. The first-order valence-corrected chi connectivity index (χ1v) is 1.97. The lowest BCUT2D eigenvalue weighted by molar-refractivity contribution is -0.145. The summed E-state index contributed by atoms with van der Waals surface area (Å²) in [4.78, 5) is 22.9. The Hall–Kier alpha value is -0.970. The molecule has 0 aliphatic rings. The highest BCUT2D eigenvalue weighted by Crippen LogP contribution is 1.81. The van der Waals surface area contributed by atoms with Gasteiger partial charge in [-0.3, -0.25) is 4.84 Å². The molecule has 0 radical (unpaired) electrons. The summed E-state index contributed by atoms with van der Waals surface area (Å²) < 4.78 is 0. The van der Waals surface area contributed by atoms with Gasteiger partial charge in [0, 0.05) is 0 Å². The zero-order valence-corrected chi connectivity index (χ0v) is 4.33. The second-order valence-corrected chi connectivity index (χ2v) is 1.27. The van der Waals surface area contributed by atoms with E-state index in [0.29, 0.717) is 0 Å².